The normalized spacial score (nSPS) is 15.1. The fourth-order valence-electron chi connectivity index (χ4n) is 3.47. The molecule has 0 amide bonds. The summed E-state index contributed by atoms with van der Waals surface area (Å²) >= 11 is 0. The molecule has 1 aliphatic carbocycles. The van der Waals surface area contributed by atoms with Crippen molar-refractivity contribution in [3.05, 3.63) is 69.1 Å². The van der Waals surface area contributed by atoms with E-state index in [1.54, 1.807) is 29.1 Å². The lowest BCUT2D eigenvalue weighted by Crippen LogP contribution is -2.42. The summed E-state index contributed by atoms with van der Waals surface area (Å²) in [5, 5.41) is 3.85. The highest BCUT2D eigenvalue weighted by molar-refractivity contribution is 5.53. The smallest absolute Gasteiger partial charge is 0.316 e. The van der Waals surface area contributed by atoms with Crippen LogP contribution in [-0.2, 0) is 6.54 Å². The van der Waals surface area contributed by atoms with E-state index in [1.165, 1.54) is 23.1 Å². The molecule has 140 valence electrons. The van der Waals surface area contributed by atoms with Gasteiger partial charge in [0, 0.05) is 24.0 Å². The molecule has 0 aliphatic heterocycles. The fourth-order valence-corrected chi connectivity index (χ4v) is 3.47. The van der Waals surface area contributed by atoms with Gasteiger partial charge in [-0.15, -0.1) is 0 Å². The Morgan fingerprint density at radius 2 is 1.78 bits per heavy atom. The van der Waals surface area contributed by atoms with Gasteiger partial charge in [0.1, 0.15) is 12.4 Å². The van der Waals surface area contributed by atoms with Crippen LogP contribution in [0.25, 0.3) is 11.4 Å². The molecule has 0 atom stereocenters. The van der Waals surface area contributed by atoms with E-state index in [2.05, 4.69) is 10.1 Å². The molecule has 0 unspecified atom stereocenters. The topological polar surface area (TPSA) is 82.9 Å². The minimum atomic E-state index is -0.607. The maximum atomic E-state index is 13.0. The molecule has 0 N–H and O–H groups in total. The van der Waals surface area contributed by atoms with Crippen LogP contribution in [0.1, 0.15) is 44.0 Å². The van der Waals surface area contributed by atoms with Crippen molar-refractivity contribution in [2.45, 2.75) is 44.7 Å². The quantitative estimate of drug-likeness (QED) is 0.660. The number of benzene rings is 1. The lowest BCUT2D eigenvalue weighted by molar-refractivity contribution is 0.339. The molecule has 2 aromatic heterocycles. The molecule has 2 heterocycles. The average Bonchev–Trinajstić information content (AvgIpc) is 3.15. The van der Waals surface area contributed by atoms with Crippen molar-refractivity contribution < 1.29 is 8.91 Å². The highest BCUT2D eigenvalue weighted by Gasteiger charge is 2.18. The molecule has 8 heteroatoms. The van der Waals surface area contributed by atoms with Crippen molar-refractivity contribution >= 4 is 0 Å². The second-order valence-corrected chi connectivity index (χ2v) is 6.75. The van der Waals surface area contributed by atoms with E-state index >= 15 is 0 Å². The number of halogens is 1. The summed E-state index contributed by atoms with van der Waals surface area (Å²) in [7, 11) is 0. The number of rotatable bonds is 4. The molecule has 1 saturated carbocycles. The Morgan fingerprint density at radius 3 is 2.52 bits per heavy atom. The zero-order chi connectivity index (χ0) is 18.8. The Balaban J connectivity index is 1.56. The monoisotopic (exact) mass is 370 g/mol. The molecule has 1 fully saturated rings. The lowest BCUT2D eigenvalue weighted by atomic mass is 9.95. The molecule has 0 bridgehead atoms. The third-order valence-corrected chi connectivity index (χ3v) is 4.93. The average molecular weight is 370 g/mol. The largest absolute Gasteiger partial charge is 0.337 e. The molecule has 27 heavy (non-hydrogen) atoms. The SMILES string of the molecule is O=c1c(=O)n(C2CCCCC2)ccn1Cc1nc(-c2ccc(F)cc2)no1. The summed E-state index contributed by atoms with van der Waals surface area (Å²) < 4.78 is 21.0. The van der Waals surface area contributed by atoms with Gasteiger partial charge in [-0.25, -0.2) is 4.39 Å². The van der Waals surface area contributed by atoms with Crippen LogP contribution >= 0.6 is 0 Å². The number of aromatic nitrogens is 4. The summed E-state index contributed by atoms with van der Waals surface area (Å²) in [5.41, 5.74) is -0.529. The predicted molar refractivity (Wildman–Crippen MR) is 95.9 cm³/mol. The van der Waals surface area contributed by atoms with E-state index < -0.39 is 11.1 Å². The molecule has 3 aromatic rings. The van der Waals surface area contributed by atoms with Crippen molar-refractivity contribution in [2.75, 3.05) is 0 Å². The van der Waals surface area contributed by atoms with Crippen LogP contribution in [-0.4, -0.2) is 19.3 Å². The van der Waals surface area contributed by atoms with Gasteiger partial charge in [-0.1, -0.05) is 24.4 Å². The molecular formula is C19H19FN4O3. The van der Waals surface area contributed by atoms with Crippen molar-refractivity contribution in [1.82, 2.24) is 19.3 Å². The summed E-state index contributed by atoms with van der Waals surface area (Å²) in [4.78, 5) is 29.1. The van der Waals surface area contributed by atoms with Gasteiger partial charge in [-0.2, -0.15) is 4.98 Å². The third kappa shape index (κ3) is 3.60. The molecule has 0 saturated heterocycles. The molecule has 0 radical (unpaired) electrons. The summed E-state index contributed by atoms with van der Waals surface area (Å²) in [6.45, 7) is 0.00771. The molecule has 7 nitrogen and oxygen atoms in total. The van der Waals surface area contributed by atoms with Gasteiger partial charge in [0.15, 0.2) is 0 Å². The Kier molecular flexibility index (Phi) is 4.70. The number of nitrogens with zero attached hydrogens (tertiary/aromatic N) is 4. The minimum absolute atomic E-state index is 0.00771. The first-order valence-electron chi connectivity index (χ1n) is 9.02. The molecule has 1 aliphatic rings. The fraction of sp³-hybridized carbons (Fsp3) is 0.368. The zero-order valence-electron chi connectivity index (χ0n) is 14.7. The lowest BCUT2D eigenvalue weighted by Gasteiger charge is -2.23. The summed E-state index contributed by atoms with van der Waals surface area (Å²) in [6, 6.07) is 5.80. The Hall–Kier alpha value is -3.03. The summed E-state index contributed by atoms with van der Waals surface area (Å²) in [5.74, 6) is 0.146. The molecular weight excluding hydrogens is 351 g/mol. The Labute approximate surface area is 154 Å². The molecule has 1 aromatic carbocycles. The van der Waals surface area contributed by atoms with Gasteiger partial charge >= 0.3 is 11.1 Å². The van der Waals surface area contributed by atoms with Crippen molar-refractivity contribution in [1.29, 1.82) is 0 Å². The van der Waals surface area contributed by atoms with Crippen molar-refractivity contribution in [3.8, 4) is 11.4 Å². The van der Waals surface area contributed by atoms with Crippen LogP contribution < -0.4 is 11.1 Å². The van der Waals surface area contributed by atoms with Gasteiger partial charge in [-0.05, 0) is 37.1 Å². The van der Waals surface area contributed by atoms with Crippen LogP contribution in [0.5, 0.6) is 0 Å². The minimum Gasteiger partial charge on any atom is -0.337 e. The Bertz CT molecular complexity index is 1050. The van der Waals surface area contributed by atoms with Crippen molar-refractivity contribution in [3.63, 3.8) is 0 Å². The second kappa shape index (κ2) is 7.30. The first-order valence-corrected chi connectivity index (χ1v) is 9.02. The molecule has 0 spiro atoms. The second-order valence-electron chi connectivity index (χ2n) is 6.75. The van der Waals surface area contributed by atoms with Gasteiger partial charge in [0.2, 0.25) is 11.7 Å². The standard InChI is InChI=1S/C19H19FN4O3/c20-14-8-6-13(7-9-14)17-21-16(27-22-17)12-23-10-11-24(19(26)18(23)25)15-4-2-1-3-5-15/h6-11,15H,1-5,12H2. The van der Waals surface area contributed by atoms with Crippen molar-refractivity contribution in [2.24, 2.45) is 0 Å². The highest BCUT2D eigenvalue weighted by Crippen LogP contribution is 2.26. The van der Waals surface area contributed by atoms with E-state index in [1.807, 2.05) is 0 Å². The zero-order valence-corrected chi connectivity index (χ0v) is 14.7. The van der Waals surface area contributed by atoms with E-state index in [-0.39, 0.29) is 24.3 Å². The highest BCUT2D eigenvalue weighted by atomic mass is 19.1. The summed E-state index contributed by atoms with van der Waals surface area (Å²) in [6.07, 6.45) is 8.43. The van der Waals surface area contributed by atoms with E-state index in [9.17, 15) is 14.0 Å². The number of hydrogen-bond donors (Lipinski definition) is 0. The van der Waals surface area contributed by atoms with Crippen LogP contribution in [0.2, 0.25) is 0 Å². The van der Waals surface area contributed by atoms with Crippen LogP contribution in [0, 0.1) is 5.82 Å². The van der Waals surface area contributed by atoms with Gasteiger partial charge in [0.05, 0.1) is 0 Å². The van der Waals surface area contributed by atoms with E-state index in [0.29, 0.717) is 11.4 Å². The Morgan fingerprint density at radius 1 is 1.04 bits per heavy atom. The number of hydrogen-bond acceptors (Lipinski definition) is 5. The van der Waals surface area contributed by atoms with Crippen LogP contribution in [0.4, 0.5) is 4.39 Å². The van der Waals surface area contributed by atoms with E-state index in [0.717, 1.165) is 25.7 Å². The van der Waals surface area contributed by atoms with E-state index in [4.69, 9.17) is 4.52 Å². The predicted octanol–water partition coefficient (Wildman–Crippen LogP) is 2.75. The first kappa shape index (κ1) is 17.4. The first-order chi connectivity index (χ1) is 13.1. The molecule has 4 rings (SSSR count). The van der Waals surface area contributed by atoms with Crippen LogP contribution in [0.3, 0.4) is 0 Å². The van der Waals surface area contributed by atoms with Gasteiger partial charge in [0.25, 0.3) is 0 Å². The van der Waals surface area contributed by atoms with Crippen LogP contribution in [0.15, 0.2) is 50.8 Å². The van der Waals surface area contributed by atoms with Gasteiger partial charge in [-0.3, -0.25) is 14.2 Å². The third-order valence-electron chi connectivity index (χ3n) is 4.93. The van der Waals surface area contributed by atoms with Gasteiger partial charge < -0.3 is 9.09 Å². The maximum Gasteiger partial charge on any atom is 0.316 e. The maximum absolute atomic E-state index is 13.0.